The van der Waals surface area contributed by atoms with Gasteiger partial charge in [-0.25, -0.2) is 4.98 Å². The van der Waals surface area contributed by atoms with Gasteiger partial charge in [0.05, 0.1) is 23.1 Å². The molecule has 202 valence electrons. The van der Waals surface area contributed by atoms with Gasteiger partial charge in [-0.05, 0) is 73.3 Å². The topological polar surface area (TPSA) is 96.1 Å². The molecule has 5 rings (SSSR count). The zero-order valence-corrected chi connectivity index (χ0v) is 23.2. The highest BCUT2D eigenvalue weighted by Gasteiger charge is 2.46. The van der Waals surface area contributed by atoms with Crippen LogP contribution in [0.2, 0.25) is 5.02 Å². The Morgan fingerprint density at radius 1 is 1.18 bits per heavy atom. The minimum atomic E-state index is -0.893. The van der Waals surface area contributed by atoms with E-state index in [0.717, 1.165) is 46.7 Å². The van der Waals surface area contributed by atoms with Gasteiger partial charge in [-0.15, -0.1) is 0 Å². The second kappa shape index (κ2) is 10.7. The first-order valence-electron chi connectivity index (χ1n) is 13.5. The number of carbonyl (C=O) groups is 2. The van der Waals surface area contributed by atoms with Crippen molar-refractivity contribution in [3.8, 4) is 0 Å². The number of nitrogens with zero attached hydrogens (tertiary/aromatic N) is 1. The van der Waals surface area contributed by atoms with Crippen LogP contribution in [-0.4, -0.2) is 48.6 Å². The van der Waals surface area contributed by atoms with E-state index in [0.29, 0.717) is 13.1 Å². The summed E-state index contributed by atoms with van der Waals surface area (Å²) in [6.45, 7) is 5.23. The lowest BCUT2D eigenvalue weighted by molar-refractivity contribution is -0.128. The van der Waals surface area contributed by atoms with Crippen molar-refractivity contribution < 1.29 is 14.3 Å². The summed E-state index contributed by atoms with van der Waals surface area (Å²) in [6.07, 6.45) is 5.06. The second-order valence-corrected chi connectivity index (χ2v) is 11.8. The Labute approximate surface area is 229 Å². The van der Waals surface area contributed by atoms with Crippen molar-refractivity contribution in [3.05, 3.63) is 64.4 Å². The van der Waals surface area contributed by atoms with Crippen LogP contribution in [0.25, 0.3) is 11.0 Å². The molecule has 2 atom stereocenters. The first-order chi connectivity index (χ1) is 18.2. The van der Waals surface area contributed by atoms with Crippen LogP contribution in [0, 0.1) is 11.3 Å². The van der Waals surface area contributed by atoms with Gasteiger partial charge in [0, 0.05) is 37.6 Å². The van der Waals surface area contributed by atoms with E-state index in [-0.39, 0.29) is 35.7 Å². The smallest absolute Gasteiger partial charge is 0.232 e. The van der Waals surface area contributed by atoms with Crippen molar-refractivity contribution in [2.24, 2.45) is 11.3 Å². The number of hydrogen-bond donors (Lipinski definition) is 3. The van der Waals surface area contributed by atoms with Crippen LogP contribution in [0.5, 0.6) is 0 Å². The Kier molecular flexibility index (Phi) is 7.51. The molecule has 0 radical (unpaired) electrons. The van der Waals surface area contributed by atoms with Gasteiger partial charge in [-0.2, -0.15) is 0 Å². The van der Waals surface area contributed by atoms with Gasteiger partial charge in [-0.3, -0.25) is 9.59 Å². The molecule has 2 saturated carbocycles. The van der Waals surface area contributed by atoms with E-state index in [1.807, 2.05) is 43.3 Å². The van der Waals surface area contributed by atoms with E-state index < -0.39 is 5.41 Å². The number of fused-ring (bicyclic) bond motifs is 1. The van der Waals surface area contributed by atoms with Crippen molar-refractivity contribution in [1.29, 1.82) is 0 Å². The highest BCUT2D eigenvalue weighted by atomic mass is 35.5. The average Bonchev–Trinajstić information content (AvgIpc) is 3.83. The van der Waals surface area contributed by atoms with E-state index >= 15 is 0 Å². The summed E-state index contributed by atoms with van der Waals surface area (Å²) in [4.78, 5) is 33.6. The molecule has 0 saturated heterocycles. The number of aromatic amines is 1. The number of rotatable bonds is 12. The fourth-order valence-corrected chi connectivity index (χ4v) is 5.61. The van der Waals surface area contributed by atoms with Crippen LogP contribution in [0.4, 0.5) is 0 Å². The van der Waals surface area contributed by atoms with Crippen molar-refractivity contribution in [2.45, 2.75) is 57.3 Å². The SMILES string of the molecule is COCC(C)(C(=O)NCCNC(=O)C1CC1)c1ccc2nc(CC(c3ccccc3Cl)C3(C)CC3)[nH]c2c1. The standard InChI is InChI=1S/C30H37ClN4O3/c1-29(12-13-29)22(21-6-4-5-7-23(21)31)17-26-34-24-11-10-20(16-25(24)35-26)30(2,18-38-3)28(37)33-15-14-32-27(36)19-8-9-19/h4-7,10-11,16,19,22H,8-9,12-15,17-18H2,1-3H3,(H,32,36)(H,33,37)(H,34,35). The third kappa shape index (κ3) is 5.59. The number of aromatic nitrogens is 2. The Balaban J connectivity index is 1.32. The molecule has 0 bridgehead atoms. The molecule has 2 aliphatic carbocycles. The molecule has 38 heavy (non-hydrogen) atoms. The van der Waals surface area contributed by atoms with Crippen molar-refractivity contribution >= 4 is 34.4 Å². The van der Waals surface area contributed by atoms with Crippen molar-refractivity contribution in [2.75, 3.05) is 26.8 Å². The molecule has 7 nitrogen and oxygen atoms in total. The molecule has 1 aromatic heterocycles. The van der Waals surface area contributed by atoms with Crippen LogP contribution in [0.3, 0.4) is 0 Å². The summed E-state index contributed by atoms with van der Waals surface area (Å²) in [5, 5.41) is 6.67. The molecule has 2 aliphatic rings. The predicted molar refractivity (Wildman–Crippen MR) is 149 cm³/mol. The van der Waals surface area contributed by atoms with Gasteiger partial charge < -0.3 is 20.4 Å². The van der Waals surface area contributed by atoms with Crippen LogP contribution in [0.1, 0.15) is 62.4 Å². The van der Waals surface area contributed by atoms with Crippen molar-refractivity contribution in [1.82, 2.24) is 20.6 Å². The zero-order valence-electron chi connectivity index (χ0n) is 22.4. The Bertz CT molecular complexity index is 1330. The molecule has 2 unspecified atom stereocenters. The molecule has 2 amide bonds. The quantitative estimate of drug-likeness (QED) is 0.287. The fourth-order valence-electron chi connectivity index (χ4n) is 5.35. The molecule has 3 N–H and O–H groups in total. The molecule has 0 aliphatic heterocycles. The Hall–Kier alpha value is -2.90. The predicted octanol–water partition coefficient (Wildman–Crippen LogP) is 4.89. The molecule has 8 heteroatoms. The number of imidazole rings is 1. The van der Waals surface area contributed by atoms with Gasteiger partial charge in [0.1, 0.15) is 5.82 Å². The Morgan fingerprint density at radius 3 is 2.61 bits per heavy atom. The summed E-state index contributed by atoms with van der Waals surface area (Å²) >= 11 is 6.60. The normalized spacial score (nSPS) is 18.5. The van der Waals surface area contributed by atoms with E-state index in [2.05, 4.69) is 28.6 Å². The molecule has 3 aromatic rings. The number of ether oxygens (including phenoxy) is 1. The lowest BCUT2D eigenvalue weighted by Gasteiger charge is -2.28. The van der Waals surface area contributed by atoms with E-state index in [1.165, 1.54) is 18.4 Å². The van der Waals surface area contributed by atoms with E-state index in [9.17, 15) is 9.59 Å². The number of hydrogen-bond acceptors (Lipinski definition) is 4. The van der Waals surface area contributed by atoms with Gasteiger partial charge in [-0.1, -0.05) is 42.8 Å². The minimum Gasteiger partial charge on any atom is -0.383 e. The van der Waals surface area contributed by atoms with Crippen LogP contribution < -0.4 is 10.6 Å². The third-order valence-corrected chi connectivity index (χ3v) is 8.66. The van der Waals surface area contributed by atoms with Crippen molar-refractivity contribution in [3.63, 3.8) is 0 Å². The highest BCUT2D eigenvalue weighted by Crippen LogP contribution is 2.57. The number of carbonyl (C=O) groups excluding carboxylic acids is 2. The highest BCUT2D eigenvalue weighted by molar-refractivity contribution is 6.31. The lowest BCUT2D eigenvalue weighted by atomic mass is 9.82. The number of amides is 2. The Morgan fingerprint density at radius 2 is 1.92 bits per heavy atom. The largest absolute Gasteiger partial charge is 0.383 e. The first-order valence-corrected chi connectivity index (χ1v) is 13.9. The molecule has 0 spiro atoms. The number of methoxy groups -OCH3 is 1. The molecule has 2 fully saturated rings. The maximum Gasteiger partial charge on any atom is 0.232 e. The van der Waals surface area contributed by atoms with Gasteiger partial charge in [0.2, 0.25) is 11.8 Å². The fraction of sp³-hybridized carbons (Fsp3) is 0.500. The monoisotopic (exact) mass is 536 g/mol. The van der Waals surface area contributed by atoms with Gasteiger partial charge >= 0.3 is 0 Å². The van der Waals surface area contributed by atoms with Crippen LogP contribution >= 0.6 is 11.6 Å². The maximum atomic E-state index is 13.3. The minimum absolute atomic E-state index is 0.0758. The summed E-state index contributed by atoms with van der Waals surface area (Å²) in [6, 6.07) is 14.0. The summed E-state index contributed by atoms with van der Waals surface area (Å²) in [5.74, 6) is 1.29. The van der Waals surface area contributed by atoms with Crippen LogP contribution in [-0.2, 0) is 26.2 Å². The zero-order chi connectivity index (χ0) is 26.9. The number of nitrogens with one attached hydrogen (secondary N) is 3. The van der Waals surface area contributed by atoms with Crippen LogP contribution in [0.15, 0.2) is 42.5 Å². The average molecular weight is 537 g/mol. The first kappa shape index (κ1) is 26.7. The molecule has 1 heterocycles. The maximum absolute atomic E-state index is 13.3. The molecule has 2 aromatic carbocycles. The number of H-pyrrole nitrogens is 1. The second-order valence-electron chi connectivity index (χ2n) is 11.4. The van der Waals surface area contributed by atoms with E-state index in [4.69, 9.17) is 21.3 Å². The summed E-state index contributed by atoms with van der Waals surface area (Å²) < 4.78 is 5.47. The van der Waals surface area contributed by atoms with E-state index in [1.54, 1.807) is 7.11 Å². The number of benzene rings is 2. The van der Waals surface area contributed by atoms with Gasteiger partial charge in [0.15, 0.2) is 0 Å². The third-order valence-electron chi connectivity index (χ3n) is 8.32. The summed E-state index contributed by atoms with van der Waals surface area (Å²) in [7, 11) is 1.60. The summed E-state index contributed by atoms with van der Waals surface area (Å²) in [5.41, 5.74) is 3.11. The number of halogens is 1. The van der Waals surface area contributed by atoms with Gasteiger partial charge in [0.25, 0.3) is 0 Å². The molecular formula is C30H37ClN4O3. The molecular weight excluding hydrogens is 500 g/mol. The lowest BCUT2D eigenvalue weighted by Crippen LogP contribution is -2.47.